The Labute approximate surface area is 155 Å². The third-order valence-corrected chi connectivity index (χ3v) is 6.27. The van der Waals surface area contributed by atoms with E-state index in [1.807, 2.05) is 0 Å². The van der Waals surface area contributed by atoms with Crippen LogP contribution in [0.5, 0.6) is 0 Å². The molecular formula is C20H42OS2. The van der Waals surface area contributed by atoms with Crippen LogP contribution in [0.15, 0.2) is 0 Å². The van der Waals surface area contributed by atoms with Crippen molar-refractivity contribution in [3.63, 3.8) is 0 Å². The molecule has 0 aromatic rings. The van der Waals surface area contributed by atoms with Gasteiger partial charge in [0.25, 0.3) is 0 Å². The highest BCUT2D eigenvalue weighted by Gasteiger charge is 2.08. The van der Waals surface area contributed by atoms with Crippen molar-refractivity contribution in [2.75, 3.05) is 29.6 Å². The summed E-state index contributed by atoms with van der Waals surface area (Å²) in [5.74, 6) is 5.01. The van der Waals surface area contributed by atoms with Gasteiger partial charge in [-0.25, -0.2) is 0 Å². The molecule has 0 aliphatic heterocycles. The van der Waals surface area contributed by atoms with E-state index in [2.05, 4.69) is 44.3 Å². The highest BCUT2D eigenvalue weighted by atomic mass is 32.2. The molecule has 0 aliphatic rings. The molecule has 0 bridgehead atoms. The van der Waals surface area contributed by atoms with Gasteiger partial charge < -0.3 is 4.74 Å². The van der Waals surface area contributed by atoms with Gasteiger partial charge in [-0.3, -0.25) is 0 Å². The lowest BCUT2D eigenvalue weighted by Gasteiger charge is -2.17. The normalized spacial score (nSPS) is 12.7. The number of unbranched alkanes of at least 4 members (excludes halogenated alkanes) is 7. The Balaban J connectivity index is 3.54. The van der Waals surface area contributed by atoms with Gasteiger partial charge >= 0.3 is 0 Å². The van der Waals surface area contributed by atoms with Gasteiger partial charge in [0.1, 0.15) is 0 Å². The fourth-order valence-corrected chi connectivity index (χ4v) is 4.43. The number of hydrogen-bond donors (Lipinski definition) is 0. The van der Waals surface area contributed by atoms with E-state index < -0.39 is 0 Å². The molecule has 0 saturated heterocycles. The summed E-state index contributed by atoms with van der Waals surface area (Å²) in [6.45, 7) is 7.78. The highest BCUT2D eigenvalue weighted by Crippen LogP contribution is 2.15. The van der Waals surface area contributed by atoms with Gasteiger partial charge in [-0.2, -0.15) is 23.5 Å². The van der Waals surface area contributed by atoms with Crippen LogP contribution in [0, 0.1) is 0 Å². The molecule has 1 nitrogen and oxygen atoms in total. The van der Waals surface area contributed by atoms with Crippen LogP contribution in [-0.4, -0.2) is 35.7 Å². The third-order valence-electron chi connectivity index (χ3n) is 4.05. The van der Waals surface area contributed by atoms with Crippen LogP contribution in [0.3, 0.4) is 0 Å². The van der Waals surface area contributed by atoms with Crippen molar-refractivity contribution in [2.24, 2.45) is 0 Å². The fraction of sp³-hybridized carbons (Fsp3) is 1.00. The molecule has 0 saturated carbocycles. The third kappa shape index (κ3) is 18.8. The van der Waals surface area contributed by atoms with Crippen LogP contribution in [0.4, 0.5) is 0 Å². The Kier molecular flexibility index (Phi) is 21.3. The van der Waals surface area contributed by atoms with Crippen LogP contribution in [0.1, 0.15) is 91.4 Å². The zero-order valence-corrected chi connectivity index (χ0v) is 17.7. The lowest BCUT2D eigenvalue weighted by Crippen LogP contribution is -2.18. The summed E-state index contributed by atoms with van der Waals surface area (Å²) in [7, 11) is 0. The molecule has 0 heterocycles. The van der Waals surface area contributed by atoms with Crippen LogP contribution < -0.4 is 0 Å². The molecule has 0 fully saturated rings. The van der Waals surface area contributed by atoms with E-state index in [-0.39, 0.29) is 0 Å². The second kappa shape index (κ2) is 20.7. The van der Waals surface area contributed by atoms with Gasteiger partial charge in [-0.05, 0) is 30.8 Å². The zero-order chi connectivity index (χ0) is 17.0. The summed E-state index contributed by atoms with van der Waals surface area (Å²) in [4.78, 5) is 0. The molecule has 0 unspecified atom stereocenters. The maximum absolute atomic E-state index is 6.16. The van der Waals surface area contributed by atoms with Gasteiger partial charge in [0.05, 0.1) is 12.7 Å². The van der Waals surface area contributed by atoms with Crippen molar-refractivity contribution in [1.82, 2.24) is 0 Å². The van der Waals surface area contributed by atoms with Crippen molar-refractivity contribution < 1.29 is 4.74 Å². The van der Waals surface area contributed by atoms with Gasteiger partial charge in [0.2, 0.25) is 0 Å². The summed E-state index contributed by atoms with van der Waals surface area (Å²) in [6.07, 6.45) is 15.4. The molecule has 0 rings (SSSR count). The molecule has 23 heavy (non-hydrogen) atoms. The van der Waals surface area contributed by atoms with E-state index >= 15 is 0 Å². The Morgan fingerprint density at radius 3 is 1.87 bits per heavy atom. The average Bonchev–Trinajstić information content (AvgIpc) is 2.57. The molecule has 0 aliphatic carbocycles. The summed E-state index contributed by atoms with van der Waals surface area (Å²) in [5, 5.41) is 0. The Morgan fingerprint density at radius 2 is 1.26 bits per heavy atom. The predicted octanol–water partition coefficient (Wildman–Crippen LogP) is 7.19. The zero-order valence-electron chi connectivity index (χ0n) is 16.1. The molecule has 0 spiro atoms. The summed E-state index contributed by atoms with van der Waals surface area (Å²) in [5.41, 5.74) is 0. The quantitative estimate of drug-likeness (QED) is 0.225. The number of thioether (sulfide) groups is 2. The summed E-state index contributed by atoms with van der Waals surface area (Å²) < 4.78 is 6.16. The van der Waals surface area contributed by atoms with Crippen LogP contribution in [0.25, 0.3) is 0 Å². The molecule has 3 heteroatoms. The monoisotopic (exact) mass is 362 g/mol. The van der Waals surface area contributed by atoms with E-state index in [4.69, 9.17) is 4.74 Å². The number of rotatable bonds is 19. The first-order valence-corrected chi connectivity index (χ1v) is 12.4. The summed E-state index contributed by atoms with van der Waals surface area (Å²) >= 11 is 4.18. The first-order valence-electron chi connectivity index (χ1n) is 10.1. The largest absolute Gasteiger partial charge is 0.377 e. The fourth-order valence-electron chi connectivity index (χ4n) is 2.50. The maximum atomic E-state index is 6.16. The van der Waals surface area contributed by atoms with Crippen LogP contribution in [0.2, 0.25) is 0 Å². The van der Waals surface area contributed by atoms with E-state index in [9.17, 15) is 0 Å². The molecule has 0 aromatic heterocycles. The summed E-state index contributed by atoms with van der Waals surface area (Å²) in [6, 6.07) is 0. The minimum Gasteiger partial charge on any atom is -0.377 e. The van der Waals surface area contributed by atoms with E-state index in [0.717, 1.165) is 6.61 Å². The average molecular weight is 363 g/mol. The van der Waals surface area contributed by atoms with Gasteiger partial charge in [0.15, 0.2) is 0 Å². The van der Waals surface area contributed by atoms with Gasteiger partial charge in [-0.15, -0.1) is 0 Å². The minimum absolute atomic E-state index is 0.492. The Bertz CT molecular complexity index is 212. The van der Waals surface area contributed by atoms with E-state index in [1.165, 1.54) is 93.6 Å². The molecular weight excluding hydrogens is 320 g/mol. The van der Waals surface area contributed by atoms with Crippen LogP contribution in [-0.2, 0) is 4.74 Å². The molecule has 0 N–H and O–H groups in total. The van der Waals surface area contributed by atoms with Crippen molar-refractivity contribution in [2.45, 2.75) is 97.5 Å². The van der Waals surface area contributed by atoms with Crippen molar-refractivity contribution in [3.8, 4) is 0 Å². The van der Waals surface area contributed by atoms with E-state index in [1.54, 1.807) is 0 Å². The topological polar surface area (TPSA) is 9.23 Å². The Morgan fingerprint density at radius 1 is 0.652 bits per heavy atom. The van der Waals surface area contributed by atoms with Crippen molar-refractivity contribution >= 4 is 23.5 Å². The SMILES string of the molecule is CCCCCCSCCO[C@H](CCCC)CSCCCCCC. The standard InChI is InChI=1S/C20H42OS2/c1-4-7-10-12-16-22-18-15-21-20(14-9-6-3)19-23-17-13-11-8-5-2/h20H,4-19H2,1-3H3/t20-/m1/s1. The van der Waals surface area contributed by atoms with Gasteiger partial charge in [0, 0.05) is 11.5 Å². The second-order valence-electron chi connectivity index (χ2n) is 6.44. The highest BCUT2D eigenvalue weighted by molar-refractivity contribution is 7.99. The van der Waals surface area contributed by atoms with Gasteiger partial charge in [-0.1, -0.05) is 72.1 Å². The lowest BCUT2D eigenvalue weighted by molar-refractivity contribution is 0.0740. The minimum atomic E-state index is 0.492. The second-order valence-corrected chi connectivity index (χ2v) is 8.82. The predicted molar refractivity (Wildman–Crippen MR) is 112 cm³/mol. The Hall–Kier alpha value is 0.660. The molecule has 140 valence electrons. The molecule has 1 atom stereocenters. The van der Waals surface area contributed by atoms with Crippen molar-refractivity contribution in [3.05, 3.63) is 0 Å². The lowest BCUT2D eigenvalue weighted by atomic mass is 10.2. The number of hydrogen-bond acceptors (Lipinski definition) is 3. The first kappa shape index (κ1) is 23.7. The van der Waals surface area contributed by atoms with Crippen LogP contribution >= 0.6 is 23.5 Å². The van der Waals surface area contributed by atoms with Crippen molar-refractivity contribution in [1.29, 1.82) is 0 Å². The van der Waals surface area contributed by atoms with E-state index in [0.29, 0.717) is 6.10 Å². The maximum Gasteiger partial charge on any atom is 0.0665 e. The molecule has 0 radical (unpaired) electrons. The molecule has 0 aromatic carbocycles. The smallest absolute Gasteiger partial charge is 0.0665 e. The first-order chi connectivity index (χ1) is 11.3. The molecule has 0 amide bonds. The number of ether oxygens (including phenoxy) is 1.